The van der Waals surface area contributed by atoms with Crippen LogP contribution in [0.4, 0.5) is 9.18 Å². The molecular formula is C11H12FNO3. The first-order valence-corrected chi connectivity index (χ1v) is 4.89. The molecule has 86 valence electrons. The molecule has 0 aromatic heterocycles. The van der Waals surface area contributed by atoms with Crippen LogP contribution in [0.3, 0.4) is 0 Å². The van der Waals surface area contributed by atoms with Crippen LogP contribution in [0.5, 0.6) is 0 Å². The van der Waals surface area contributed by atoms with Gasteiger partial charge in [-0.05, 0) is 11.1 Å². The lowest BCUT2D eigenvalue weighted by Crippen LogP contribution is -2.22. The molecule has 2 rings (SSSR count). The van der Waals surface area contributed by atoms with Gasteiger partial charge in [-0.25, -0.2) is 9.18 Å². The third-order valence-electron chi connectivity index (χ3n) is 2.74. The minimum absolute atomic E-state index is 0.227. The summed E-state index contributed by atoms with van der Waals surface area (Å²) in [4.78, 5) is 12.1. The number of carbonyl (C=O) groups is 1. The standard InChI is InChI=1S/C11H12FNO3/c1-16-10(12)8-4-2-3-7-5-13(11(14)15)6-9(7)8/h2-4,10H,5-6H2,1H3,(H,14,15). The summed E-state index contributed by atoms with van der Waals surface area (Å²) in [6, 6.07) is 5.15. The van der Waals surface area contributed by atoms with E-state index in [0.29, 0.717) is 12.1 Å². The van der Waals surface area contributed by atoms with E-state index in [9.17, 15) is 9.18 Å². The zero-order valence-corrected chi connectivity index (χ0v) is 8.81. The number of methoxy groups -OCH3 is 1. The second kappa shape index (κ2) is 4.09. The fraction of sp³-hybridized carbons (Fsp3) is 0.364. The smallest absolute Gasteiger partial charge is 0.407 e. The lowest BCUT2D eigenvalue weighted by Gasteiger charge is -2.11. The highest BCUT2D eigenvalue weighted by Crippen LogP contribution is 2.31. The molecule has 1 heterocycles. The molecule has 1 aromatic carbocycles. The molecule has 0 saturated carbocycles. The molecule has 0 radical (unpaired) electrons. The van der Waals surface area contributed by atoms with Crippen molar-refractivity contribution in [3.8, 4) is 0 Å². The normalized spacial score (nSPS) is 16.0. The molecule has 1 aliphatic heterocycles. The zero-order valence-electron chi connectivity index (χ0n) is 8.81. The second-order valence-electron chi connectivity index (χ2n) is 3.68. The number of benzene rings is 1. The molecule has 0 fully saturated rings. The summed E-state index contributed by atoms with van der Waals surface area (Å²) in [5, 5.41) is 8.87. The number of nitrogens with zero attached hydrogens (tertiary/aromatic N) is 1. The minimum Gasteiger partial charge on any atom is -0.465 e. The van der Waals surface area contributed by atoms with Crippen molar-refractivity contribution < 1.29 is 19.0 Å². The van der Waals surface area contributed by atoms with Crippen LogP contribution in [0.2, 0.25) is 0 Å². The molecule has 4 nitrogen and oxygen atoms in total. The van der Waals surface area contributed by atoms with Crippen molar-refractivity contribution in [2.45, 2.75) is 19.4 Å². The van der Waals surface area contributed by atoms with Gasteiger partial charge in [0, 0.05) is 19.2 Å². The summed E-state index contributed by atoms with van der Waals surface area (Å²) in [6.45, 7) is 0.541. The molecule has 1 N–H and O–H groups in total. The van der Waals surface area contributed by atoms with Crippen molar-refractivity contribution in [2.75, 3.05) is 7.11 Å². The molecule has 1 amide bonds. The van der Waals surface area contributed by atoms with Gasteiger partial charge in [0.15, 0.2) is 0 Å². The van der Waals surface area contributed by atoms with E-state index >= 15 is 0 Å². The molecular weight excluding hydrogens is 213 g/mol. The van der Waals surface area contributed by atoms with Crippen LogP contribution in [0, 0.1) is 0 Å². The van der Waals surface area contributed by atoms with Gasteiger partial charge in [-0.1, -0.05) is 18.2 Å². The molecule has 0 spiro atoms. The van der Waals surface area contributed by atoms with Crippen molar-refractivity contribution in [3.63, 3.8) is 0 Å². The van der Waals surface area contributed by atoms with Gasteiger partial charge >= 0.3 is 6.09 Å². The summed E-state index contributed by atoms with van der Waals surface area (Å²) in [5.41, 5.74) is 1.99. The van der Waals surface area contributed by atoms with Crippen LogP contribution in [-0.4, -0.2) is 23.2 Å². The Morgan fingerprint density at radius 1 is 1.56 bits per heavy atom. The van der Waals surface area contributed by atoms with Crippen LogP contribution < -0.4 is 0 Å². The van der Waals surface area contributed by atoms with Gasteiger partial charge < -0.3 is 9.84 Å². The van der Waals surface area contributed by atoms with E-state index in [0.717, 1.165) is 11.1 Å². The van der Waals surface area contributed by atoms with Gasteiger partial charge in [0.05, 0.1) is 6.54 Å². The zero-order chi connectivity index (χ0) is 11.7. The first kappa shape index (κ1) is 10.9. The molecule has 0 saturated heterocycles. The molecule has 1 atom stereocenters. The molecule has 1 aliphatic rings. The van der Waals surface area contributed by atoms with Gasteiger partial charge in [0.2, 0.25) is 6.36 Å². The Morgan fingerprint density at radius 2 is 2.31 bits per heavy atom. The number of hydrogen-bond acceptors (Lipinski definition) is 2. The number of rotatable bonds is 2. The maximum atomic E-state index is 13.5. The predicted molar refractivity (Wildman–Crippen MR) is 54.6 cm³/mol. The quantitative estimate of drug-likeness (QED) is 0.840. The van der Waals surface area contributed by atoms with E-state index in [4.69, 9.17) is 5.11 Å². The average Bonchev–Trinajstić information content (AvgIpc) is 2.71. The maximum Gasteiger partial charge on any atom is 0.407 e. The van der Waals surface area contributed by atoms with Gasteiger partial charge in [0.25, 0.3) is 0 Å². The lowest BCUT2D eigenvalue weighted by molar-refractivity contribution is -0.00741. The van der Waals surface area contributed by atoms with Crippen LogP contribution in [0.25, 0.3) is 0 Å². The Kier molecular flexibility index (Phi) is 2.78. The van der Waals surface area contributed by atoms with Crippen LogP contribution in [-0.2, 0) is 17.8 Å². The molecule has 16 heavy (non-hydrogen) atoms. The first-order valence-electron chi connectivity index (χ1n) is 4.89. The molecule has 0 aliphatic carbocycles. The third-order valence-corrected chi connectivity index (χ3v) is 2.74. The number of fused-ring (bicyclic) bond motifs is 1. The number of ether oxygens (including phenoxy) is 1. The number of hydrogen-bond donors (Lipinski definition) is 1. The third kappa shape index (κ3) is 1.74. The Labute approximate surface area is 92.2 Å². The number of halogens is 1. The van der Waals surface area contributed by atoms with Gasteiger partial charge in [-0.2, -0.15) is 0 Å². The van der Waals surface area contributed by atoms with E-state index < -0.39 is 12.5 Å². The van der Waals surface area contributed by atoms with Crippen LogP contribution in [0.1, 0.15) is 23.0 Å². The highest BCUT2D eigenvalue weighted by atomic mass is 19.1. The SMILES string of the molecule is COC(F)c1cccc2c1CN(C(=O)O)C2. The molecule has 1 aromatic rings. The Morgan fingerprint density at radius 3 is 2.94 bits per heavy atom. The van der Waals surface area contributed by atoms with Crippen molar-refractivity contribution in [1.82, 2.24) is 4.90 Å². The van der Waals surface area contributed by atoms with E-state index in [1.165, 1.54) is 12.0 Å². The van der Waals surface area contributed by atoms with Gasteiger partial charge in [-0.15, -0.1) is 0 Å². The minimum atomic E-state index is -1.50. The first-order chi connectivity index (χ1) is 7.63. The highest BCUT2D eigenvalue weighted by Gasteiger charge is 2.27. The average molecular weight is 225 g/mol. The molecule has 1 unspecified atom stereocenters. The number of amides is 1. The summed E-state index contributed by atoms with van der Waals surface area (Å²) in [6.07, 6.45) is -2.49. The topological polar surface area (TPSA) is 49.8 Å². The Balaban J connectivity index is 2.34. The van der Waals surface area contributed by atoms with Crippen molar-refractivity contribution >= 4 is 6.09 Å². The monoisotopic (exact) mass is 225 g/mol. The fourth-order valence-electron chi connectivity index (χ4n) is 1.92. The van der Waals surface area contributed by atoms with Crippen molar-refractivity contribution in [2.24, 2.45) is 0 Å². The Bertz CT molecular complexity index is 422. The van der Waals surface area contributed by atoms with Gasteiger partial charge in [-0.3, -0.25) is 4.90 Å². The predicted octanol–water partition coefficient (Wildman–Crippen LogP) is 2.29. The lowest BCUT2D eigenvalue weighted by atomic mass is 10.0. The van der Waals surface area contributed by atoms with E-state index in [2.05, 4.69) is 4.74 Å². The number of carboxylic acid groups (broad SMARTS) is 1. The van der Waals surface area contributed by atoms with E-state index in [1.807, 2.05) is 6.07 Å². The van der Waals surface area contributed by atoms with Gasteiger partial charge in [0.1, 0.15) is 0 Å². The van der Waals surface area contributed by atoms with E-state index in [1.54, 1.807) is 12.1 Å². The van der Waals surface area contributed by atoms with Crippen LogP contribution in [0.15, 0.2) is 18.2 Å². The molecule has 5 heteroatoms. The van der Waals surface area contributed by atoms with E-state index in [-0.39, 0.29) is 6.54 Å². The largest absolute Gasteiger partial charge is 0.465 e. The summed E-state index contributed by atoms with van der Waals surface area (Å²) in [7, 11) is 1.29. The fourth-order valence-corrected chi connectivity index (χ4v) is 1.92. The maximum absolute atomic E-state index is 13.5. The highest BCUT2D eigenvalue weighted by molar-refractivity contribution is 5.66. The van der Waals surface area contributed by atoms with Crippen molar-refractivity contribution in [1.29, 1.82) is 0 Å². The molecule has 0 bridgehead atoms. The van der Waals surface area contributed by atoms with Crippen LogP contribution >= 0.6 is 0 Å². The summed E-state index contributed by atoms with van der Waals surface area (Å²) >= 11 is 0. The van der Waals surface area contributed by atoms with Crippen molar-refractivity contribution in [3.05, 3.63) is 34.9 Å². The second-order valence-corrected chi connectivity index (χ2v) is 3.68. The summed E-state index contributed by atoms with van der Waals surface area (Å²) < 4.78 is 18.1. The Hall–Kier alpha value is -1.62. The number of alkyl halides is 1. The summed E-state index contributed by atoms with van der Waals surface area (Å²) in [5.74, 6) is 0.